The van der Waals surface area contributed by atoms with E-state index in [1.807, 2.05) is 0 Å². The Bertz CT molecular complexity index is 396. The first kappa shape index (κ1) is 11.5. The van der Waals surface area contributed by atoms with Crippen LogP contribution in [0.15, 0.2) is 6.07 Å². The summed E-state index contributed by atoms with van der Waals surface area (Å²) in [4.78, 5) is 0. The molecule has 0 bridgehead atoms. The second-order valence-electron chi connectivity index (χ2n) is 4.69. The molecule has 0 amide bonds. The fourth-order valence-electron chi connectivity index (χ4n) is 2.85. The highest BCUT2D eigenvalue weighted by Crippen LogP contribution is 2.37. The van der Waals surface area contributed by atoms with E-state index in [-0.39, 0.29) is 6.10 Å². The van der Waals surface area contributed by atoms with Crippen LogP contribution >= 0.6 is 0 Å². The molecule has 0 unspecified atom stereocenters. The van der Waals surface area contributed by atoms with Crippen LogP contribution in [-0.2, 0) is 6.42 Å². The van der Waals surface area contributed by atoms with Gasteiger partial charge in [0.1, 0.15) is 5.75 Å². The molecule has 2 nitrogen and oxygen atoms in total. The molecule has 0 aliphatic heterocycles. The van der Waals surface area contributed by atoms with E-state index in [1.165, 1.54) is 17.5 Å². The van der Waals surface area contributed by atoms with E-state index in [2.05, 4.69) is 19.9 Å². The Morgan fingerprint density at radius 3 is 2.75 bits per heavy atom. The molecule has 16 heavy (non-hydrogen) atoms. The van der Waals surface area contributed by atoms with E-state index >= 15 is 0 Å². The maximum atomic E-state index is 10.2. The van der Waals surface area contributed by atoms with Crippen LogP contribution in [0.5, 0.6) is 5.75 Å². The second kappa shape index (κ2) is 4.46. The molecule has 1 aliphatic rings. The van der Waals surface area contributed by atoms with Crippen LogP contribution in [0.3, 0.4) is 0 Å². The van der Waals surface area contributed by atoms with Crippen molar-refractivity contribution in [1.29, 1.82) is 0 Å². The summed E-state index contributed by atoms with van der Waals surface area (Å²) in [6, 6.07) is 2.18. The number of rotatable bonds is 1. The average molecular weight is 220 g/mol. The van der Waals surface area contributed by atoms with Gasteiger partial charge in [-0.25, -0.2) is 0 Å². The lowest BCUT2D eigenvalue weighted by Crippen LogP contribution is -2.05. The van der Waals surface area contributed by atoms with Gasteiger partial charge in [-0.2, -0.15) is 0 Å². The van der Waals surface area contributed by atoms with Gasteiger partial charge in [0.25, 0.3) is 0 Å². The van der Waals surface area contributed by atoms with Gasteiger partial charge in [-0.3, -0.25) is 0 Å². The molecule has 0 heterocycles. The maximum Gasteiger partial charge on any atom is 0.125 e. The van der Waals surface area contributed by atoms with E-state index in [4.69, 9.17) is 4.74 Å². The molecule has 2 rings (SSSR count). The molecular formula is C14H20O2. The predicted molar refractivity (Wildman–Crippen MR) is 65.0 cm³/mol. The number of aliphatic hydroxyl groups excluding tert-OH is 1. The van der Waals surface area contributed by atoms with Gasteiger partial charge in [0.2, 0.25) is 0 Å². The molecule has 1 aromatic carbocycles. The van der Waals surface area contributed by atoms with Crippen molar-refractivity contribution in [2.45, 2.75) is 45.6 Å². The first-order valence-corrected chi connectivity index (χ1v) is 6.00. The van der Waals surface area contributed by atoms with E-state index in [1.54, 1.807) is 7.11 Å². The van der Waals surface area contributed by atoms with Crippen molar-refractivity contribution in [3.63, 3.8) is 0 Å². The SMILES string of the molecule is COc1c(C)cc2c(c1C)[C@@H](O)CCCC2. The average Bonchev–Trinajstić information content (AvgIpc) is 2.41. The molecule has 0 fully saturated rings. The number of methoxy groups -OCH3 is 1. The Hall–Kier alpha value is -1.02. The van der Waals surface area contributed by atoms with E-state index in [9.17, 15) is 5.11 Å². The number of fused-ring (bicyclic) bond motifs is 1. The molecule has 0 aromatic heterocycles. The second-order valence-corrected chi connectivity index (χ2v) is 4.69. The summed E-state index contributed by atoms with van der Waals surface area (Å²) in [6.07, 6.45) is 3.93. The summed E-state index contributed by atoms with van der Waals surface area (Å²) in [6.45, 7) is 4.13. The molecule has 1 aromatic rings. The third-order valence-electron chi connectivity index (χ3n) is 3.55. The molecular weight excluding hydrogens is 200 g/mol. The minimum absolute atomic E-state index is 0.313. The summed E-state index contributed by atoms with van der Waals surface area (Å²) in [5.74, 6) is 0.930. The van der Waals surface area contributed by atoms with Gasteiger partial charge in [-0.05, 0) is 55.4 Å². The van der Waals surface area contributed by atoms with Crippen molar-refractivity contribution in [2.75, 3.05) is 7.11 Å². The Labute approximate surface area is 97.3 Å². The topological polar surface area (TPSA) is 29.5 Å². The van der Waals surface area contributed by atoms with E-state index in [0.29, 0.717) is 0 Å². The molecule has 1 N–H and O–H groups in total. The van der Waals surface area contributed by atoms with Crippen LogP contribution in [0.2, 0.25) is 0 Å². The zero-order valence-electron chi connectivity index (χ0n) is 10.3. The van der Waals surface area contributed by atoms with Gasteiger partial charge in [-0.1, -0.05) is 12.5 Å². The molecule has 2 heteroatoms. The van der Waals surface area contributed by atoms with Gasteiger partial charge in [-0.15, -0.1) is 0 Å². The van der Waals surface area contributed by atoms with Gasteiger partial charge >= 0.3 is 0 Å². The third-order valence-corrected chi connectivity index (χ3v) is 3.55. The van der Waals surface area contributed by atoms with Crippen LogP contribution in [0, 0.1) is 13.8 Å². The van der Waals surface area contributed by atoms with Gasteiger partial charge in [0.15, 0.2) is 0 Å². The number of aryl methyl sites for hydroxylation is 2. The lowest BCUT2D eigenvalue weighted by Gasteiger charge is -2.19. The summed E-state index contributed by atoms with van der Waals surface area (Å²) >= 11 is 0. The molecule has 0 saturated carbocycles. The van der Waals surface area contributed by atoms with Crippen LogP contribution in [0.4, 0.5) is 0 Å². The fourth-order valence-corrected chi connectivity index (χ4v) is 2.85. The van der Waals surface area contributed by atoms with Crippen molar-refractivity contribution in [1.82, 2.24) is 0 Å². The van der Waals surface area contributed by atoms with Gasteiger partial charge < -0.3 is 9.84 Å². The summed E-state index contributed by atoms with van der Waals surface area (Å²) < 4.78 is 5.42. The van der Waals surface area contributed by atoms with Crippen molar-refractivity contribution < 1.29 is 9.84 Å². The molecule has 88 valence electrons. The lowest BCUT2D eigenvalue weighted by molar-refractivity contribution is 0.165. The van der Waals surface area contributed by atoms with Crippen LogP contribution < -0.4 is 4.74 Å². The summed E-state index contributed by atoms with van der Waals surface area (Å²) in [7, 11) is 1.70. The summed E-state index contributed by atoms with van der Waals surface area (Å²) in [5, 5.41) is 10.2. The molecule has 0 radical (unpaired) electrons. The molecule has 1 aliphatic carbocycles. The highest BCUT2D eigenvalue weighted by atomic mass is 16.5. The normalized spacial score (nSPS) is 20.1. The predicted octanol–water partition coefficient (Wildman–Crippen LogP) is 3.07. The summed E-state index contributed by atoms with van der Waals surface area (Å²) in [5.41, 5.74) is 4.71. The highest BCUT2D eigenvalue weighted by molar-refractivity contribution is 5.50. The number of aliphatic hydroxyl groups is 1. The lowest BCUT2D eigenvalue weighted by atomic mass is 9.93. The van der Waals surface area contributed by atoms with Gasteiger partial charge in [0, 0.05) is 0 Å². The standard InChI is InChI=1S/C14H20O2/c1-9-8-11-6-4-5-7-12(15)13(11)10(2)14(9)16-3/h8,12,15H,4-7H2,1-3H3/t12-/m0/s1. The Morgan fingerprint density at radius 2 is 2.06 bits per heavy atom. The minimum atomic E-state index is -0.313. The Morgan fingerprint density at radius 1 is 1.31 bits per heavy atom. The third kappa shape index (κ3) is 1.82. The zero-order valence-corrected chi connectivity index (χ0v) is 10.3. The van der Waals surface area contributed by atoms with E-state index in [0.717, 1.165) is 36.1 Å². The first-order valence-electron chi connectivity index (χ1n) is 6.00. The highest BCUT2D eigenvalue weighted by Gasteiger charge is 2.21. The molecule has 0 saturated heterocycles. The number of hydrogen-bond acceptors (Lipinski definition) is 2. The van der Waals surface area contributed by atoms with Crippen LogP contribution in [0.25, 0.3) is 0 Å². The molecule has 1 atom stereocenters. The van der Waals surface area contributed by atoms with Crippen LogP contribution in [0.1, 0.15) is 47.6 Å². The van der Waals surface area contributed by atoms with Crippen molar-refractivity contribution in [2.24, 2.45) is 0 Å². The largest absolute Gasteiger partial charge is 0.496 e. The van der Waals surface area contributed by atoms with Gasteiger partial charge in [0.05, 0.1) is 13.2 Å². The smallest absolute Gasteiger partial charge is 0.125 e. The fraction of sp³-hybridized carbons (Fsp3) is 0.571. The Kier molecular flexibility index (Phi) is 3.20. The maximum absolute atomic E-state index is 10.2. The Balaban J connectivity index is 2.60. The first-order chi connectivity index (χ1) is 7.65. The number of ether oxygens (including phenoxy) is 1. The molecule has 0 spiro atoms. The zero-order chi connectivity index (χ0) is 11.7. The van der Waals surface area contributed by atoms with Crippen molar-refractivity contribution >= 4 is 0 Å². The van der Waals surface area contributed by atoms with Crippen molar-refractivity contribution in [3.05, 3.63) is 28.3 Å². The number of hydrogen-bond donors (Lipinski definition) is 1. The van der Waals surface area contributed by atoms with E-state index < -0.39 is 0 Å². The van der Waals surface area contributed by atoms with Crippen LogP contribution in [-0.4, -0.2) is 12.2 Å². The number of benzene rings is 1. The monoisotopic (exact) mass is 220 g/mol. The minimum Gasteiger partial charge on any atom is -0.496 e. The van der Waals surface area contributed by atoms with Crippen molar-refractivity contribution in [3.8, 4) is 5.75 Å². The quantitative estimate of drug-likeness (QED) is 0.737.